The standard InChI is InChI=1S/C47H29NO2/c1-2-14-32(15-3-1)48(33-23-22-30-12-4-5-13-31(30)26-33)34-24-25-43-44(27-34)50-46-29-42-38(28-45(46)49-43)37-18-8-11-21-41(37)47(42)39-19-9-6-16-35(39)36-17-7-10-20-40(36)47/h1-29H. The smallest absolute Gasteiger partial charge is 0.172 e. The van der Waals surface area contributed by atoms with Crippen LogP contribution >= 0.6 is 0 Å². The van der Waals surface area contributed by atoms with Crippen LogP contribution in [0.4, 0.5) is 17.1 Å². The van der Waals surface area contributed by atoms with Crippen molar-refractivity contribution < 1.29 is 9.47 Å². The lowest BCUT2D eigenvalue weighted by molar-refractivity contribution is 0.359. The maximum Gasteiger partial charge on any atom is 0.172 e. The maximum absolute atomic E-state index is 6.86. The van der Waals surface area contributed by atoms with Gasteiger partial charge in [-0.25, -0.2) is 0 Å². The lowest BCUT2D eigenvalue weighted by Gasteiger charge is -2.31. The molecule has 234 valence electrons. The Morgan fingerprint density at radius 1 is 0.320 bits per heavy atom. The van der Waals surface area contributed by atoms with Gasteiger partial charge >= 0.3 is 0 Å². The molecule has 3 nitrogen and oxygen atoms in total. The first-order valence-corrected chi connectivity index (χ1v) is 17.1. The number of fused-ring (bicyclic) bond motifs is 13. The zero-order valence-electron chi connectivity index (χ0n) is 27.0. The molecule has 0 unspecified atom stereocenters. The summed E-state index contributed by atoms with van der Waals surface area (Å²) < 4.78 is 13.5. The van der Waals surface area contributed by atoms with Crippen LogP contribution in [-0.4, -0.2) is 0 Å². The van der Waals surface area contributed by atoms with Gasteiger partial charge in [-0.3, -0.25) is 0 Å². The quantitative estimate of drug-likeness (QED) is 0.192. The minimum absolute atomic E-state index is 0.445. The molecule has 2 aliphatic carbocycles. The van der Waals surface area contributed by atoms with Gasteiger partial charge in [0.25, 0.3) is 0 Å². The van der Waals surface area contributed by atoms with Crippen molar-refractivity contribution >= 4 is 27.8 Å². The number of ether oxygens (including phenoxy) is 2. The van der Waals surface area contributed by atoms with Crippen molar-refractivity contribution in [3.05, 3.63) is 198 Å². The van der Waals surface area contributed by atoms with Crippen molar-refractivity contribution in [1.29, 1.82) is 0 Å². The third kappa shape index (κ3) is 3.69. The van der Waals surface area contributed by atoms with Crippen LogP contribution in [0.5, 0.6) is 23.0 Å². The van der Waals surface area contributed by atoms with E-state index < -0.39 is 5.41 Å². The van der Waals surface area contributed by atoms with E-state index in [0.717, 1.165) is 28.6 Å². The van der Waals surface area contributed by atoms with Gasteiger partial charge in [-0.05, 0) is 104 Å². The maximum atomic E-state index is 6.86. The number of anilines is 3. The molecule has 0 saturated heterocycles. The molecule has 8 aromatic rings. The Morgan fingerprint density at radius 2 is 0.840 bits per heavy atom. The van der Waals surface area contributed by atoms with E-state index in [1.54, 1.807) is 0 Å². The average molecular weight is 640 g/mol. The third-order valence-corrected chi connectivity index (χ3v) is 10.7. The Balaban J connectivity index is 1.07. The Kier molecular flexibility index (Phi) is 5.59. The Bertz CT molecular complexity index is 2630. The van der Waals surface area contributed by atoms with E-state index in [-0.39, 0.29) is 0 Å². The fraction of sp³-hybridized carbons (Fsp3) is 0.0213. The molecule has 0 fully saturated rings. The summed E-state index contributed by atoms with van der Waals surface area (Å²) >= 11 is 0. The summed E-state index contributed by atoms with van der Waals surface area (Å²) in [7, 11) is 0. The largest absolute Gasteiger partial charge is 0.449 e. The first kappa shape index (κ1) is 27.4. The summed E-state index contributed by atoms with van der Waals surface area (Å²) in [5.74, 6) is 2.84. The molecule has 11 rings (SSSR count). The number of nitrogens with zero attached hydrogens (tertiary/aromatic N) is 1. The van der Waals surface area contributed by atoms with Crippen LogP contribution in [0.1, 0.15) is 22.3 Å². The second kappa shape index (κ2) is 10.2. The van der Waals surface area contributed by atoms with Gasteiger partial charge in [-0.15, -0.1) is 0 Å². The highest BCUT2D eigenvalue weighted by Gasteiger charge is 2.52. The normalized spacial score (nSPS) is 13.7. The first-order valence-electron chi connectivity index (χ1n) is 17.1. The first-order chi connectivity index (χ1) is 24.8. The lowest BCUT2D eigenvalue weighted by atomic mass is 9.70. The van der Waals surface area contributed by atoms with Gasteiger partial charge in [0.05, 0.1) is 11.1 Å². The summed E-state index contributed by atoms with van der Waals surface area (Å²) in [4.78, 5) is 2.27. The predicted molar refractivity (Wildman–Crippen MR) is 202 cm³/mol. The third-order valence-electron chi connectivity index (χ3n) is 10.7. The van der Waals surface area contributed by atoms with E-state index >= 15 is 0 Å². The number of para-hydroxylation sites is 1. The topological polar surface area (TPSA) is 21.7 Å². The molecule has 50 heavy (non-hydrogen) atoms. The van der Waals surface area contributed by atoms with E-state index in [2.05, 4.69) is 169 Å². The summed E-state index contributed by atoms with van der Waals surface area (Å²) in [5, 5.41) is 2.40. The zero-order valence-corrected chi connectivity index (χ0v) is 27.0. The second-order valence-corrected chi connectivity index (χ2v) is 13.3. The molecule has 0 N–H and O–H groups in total. The van der Waals surface area contributed by atoms with Crippen LogP contribution in [0, 0.1) is 0 Å². The van der Waals surface area contributed by atoms with Gasteiger partial charge < -0.3 is 14.4 Å². The molecule has 3 heteroatoms. The van der Waals surface area contributed by atoms with Crippen LogP contribution in [0.3, 0.4) is 0 Å². The van der Waals surface area contributed by atoms with Gasteiger partial charge in [-0.1, -0.05) is 121 Å². The van der Waals surface area contributed by atoms with Crippen molar-refractivity contribution in [2.45, 2.75) is 5.41 Å². The van der Waals surface area contributed by atoms with Crippen LogP contribution < -0.4 is 14.4 Å². The minimum Gasteiger partial charge on any atom is -0.449 e. The Morgan fingerprint density at radius 3 is 1.56 bits per heavy atom. The van der Waals surface area contributed by atoms with Crippen molar-refractivity contribution in [3.8, 4) is 45.3 Å². The molecule has 1 heterocycles. The molecular weight excluding hydrogens is 611 g/mol. The molecule has 1 aliphatic heterocycles. The van der Waals surface area contributed by atoms with Gasteiger partial charge in [-0.2, -0.15) is 0 Å². The summed E-state index contributed by atoms with van der Waals surface area (Å²) in [6.07, 6.45) is 0. The molecule has 1 spiro atoms. The SMILES string of the molecule is c1ccc(N(c2ccc3c(c2)Oc2cc4c(cc2O3)-c2ccccc2C42c3ccccc3-c3ccccc32)c2ccc3ccccc3c2)cc1. The molecule has 0 saturated carbocycles. The van der Waals surface area contributed by atoms with Crippen molar-refractivity contribution in [1.82, 2.24) is 0 Å². The lowest BCUT2D eigenvalue weighted by Crippen LogP contribution is -2.25. The number of benzene rings is 8. The van der Waals surface area contributed by atoms with Gasteiger partial charge in [0.1, 0.15) is 0 Å². The molecule has 0 aromatic heterocycles. The number of hydrogen-bond donors (Lipinski definition) is 0. The fourth-order valence-corrected chi connectivity index (χ4v) is 8.63. The average Bonchev–Trinajstić information content (AvgIpc) is 3.63. The monoisotopic (exact) mass is 639 g/mol. The zero-order chi connectivity index (χ0) is 32.8. The molecule has 0 bridgehead atoms. The summed E-state index contributed by atoms with van der Waals surface area (Å²) in [5.41, 5.74) is 12.8. The highest BCUT2D eigenvalue weighted by molar-refractivity contribution is 5.96. The molecular formula is C47H29NO2. The van der Waals surface area contributed by atoms with Crippen LogP contribution in [0.15, 0.2) is 176 Å². The Labute approximate surface area is 290 Å². The van der Waals surface area contributed by atoms with E-state index in [9.17, 15) is 0 Å². The Hall–Kier alpha value is -6.58. The van der Waals surface area contributed by atoms with Crippen LogP contribution in [0.2, 0.25) is 0 Å². The van der Waals surface area contributed by atoms with Gasteiger partial charge in [0.15, 0.2) is 23.0 Å². The van der Waals surface area contributed by atoms with E-state index in [0.29, 0.717) is 11.5 Å². The number of rotatable bonds is 3. The molecule has 0 radical (unpaired) electrons. The highest BCUT2D eigenvalue weighted by atomic mass is 16.6. The molecule has 8 aromatic carbocycles. The molecule has 0 amide bonds. The molecule has 3 aliphatic rings. The van der Waals surface area contributed by atoms with Gasteiger partial charge in [0.2, 0.25) is 0 Å². The number of hydrogen-bond acceptors (Lipinski definition) is 3. The van der Waals surface area contributed by atoms with Gasteiger partial charge in [0, 0.05) is 17.4 Å². The summed E-state index contributed by atoms with van der Waals surface area (Å²) in [6, 6.07) is 62.8. The van der Waals surface area contributed by atoms with E-state index in [1.807, 2.05) is 12.1 Å². The second-order valence-electron chi connectivity index (χ2n) is 13.3. The highest BCUT2D eigenvalue weighted by Crippen LogP contribution is 2.64. The van der Waals surface area contributed by atoms with Crippen molar-refractivity contribution in [2.75, 3.05) is 4.90 Å². The van der Waals surface area contributed by atoms with E-state index in [4.69, 9.17) is 9.47 Å². The summed E-state index contributed by atoms with van der Waals surface area (Å²) in [6.45, 7) is 0. The van der Waals surface area contributed by atoms with Crippen molar-refractivity contribution in [3.63, 3.8) is 0 Å². The minimum atomic E-state index is -0.445. The fourth-order valence-electron chi connectivity index (χ4n) is 8.63. The van der Waals surface area contributed by atoms with Crippen LogP contribution in [-0.2, 0) is 5.41 Å². The van der Waals surface area contributed by atoms with E-state index in [1.165, 1.54) is 55.3 Å². The van der Waals surface area contributed by atoms with Crippen LogP contribution in [0.25, 0.3) is 33.0 Å². The molecule has 0 atom stereocenters. The van der Waals surface area contributed by atoms with Crippen molar-refractivity contribution in [2.24, 2.45) is 0 Å². The predicted octanol–water partition coefficient (Wildman–Crippen LogP) is 12.6.